The van der Waals surface area contributed by atoms with Crippen molar-refractivity contribution in [3.63, 3.8) is 0 Å². The van der Waals surface area contributed by atoms with Crippen LogP contribution >= 0.6 is 11.6 Å². The summed E-state index contributed by atoms with van der Waals surface area (Å²) in [5.41, 5.74) is 2.55. The zero-order valence-electron chi connectivity index (χ0n) is 14.6. The Morgan fingerprint density at radius 1 is 1.14 bits per heavy atom. The summed E-state index contributed by atoms with van der Waals surface area (Å²) in [5.74, 6) is 0.604. The molecule has 0 heterocycles. The first-order chi connectivity index (χ1) is 9.61. The molecular weight excluding hydrogens is 280 g/mol. The van der Waals surface area contributed by atoms with E-state index >= 15 is 0 Å². The van der Waals surface area contributed by atoms with Gasteiger partial charge in [0.2, 0.25) is 0 Å². The maximum absolute atomic E-state index is 6.53. The van der Waals surface area contributed by atoms with Crippen LogP contribution in [-0.2, 0) is 6.54 Å². The van der Waals surface area contributed by atoms with Crippen molar-refractivity contribution in [3.05, 3.63) is 28.8 Å². The molecule has 1 rings (SSSR count). The van der Waals surface area contributed by atoms with Crippen LogP contribution in [0.15, 0.2) is 18.2 Å². The van der Waals surface area contributed by atoms with Crippen molar-refractivity contribution < 1.29 is 0 Å². The number of para-hydroxylation sites is 1. The summed E-state index contributed by atoms with van der Waals surface area (Å²) in [4.78, 5) is 2.42. The van der Waals surface area contributed by atoms with E-state index in [-0.39, 0.29) is 5.54 Å². The van der Waals surface area contributed by atoms with Crippen molar-refractivity contribution in [3.8, 4) is 0 Å². The highest BCUT2D eigenvalue weighted by atomic mass is 35.5. The predicted molar refractivity (Wildman–Crippen MR) is 95.4 cm³/mol. The van der Waals surface area contributed by atoms with Gasteiger partial charge in [0.1, 0.15) is 0 Å². The van der Waals surface area contributed by atoms with Crippen LogP contribution in [0.2, 0.25) is 5.02 Å². The minimum Gasteiger partial charge on any atom is -0.367 e. The smallest absolute Gasteiger partial charge is 0.0643 e. The van der Waals surface area contributed by atoms with E-state index in [0.29, 0.717) is 12.0 Å². The number of anilines is 1. The summed E-state index contributed by atoms with van der Waals surface area (Å²) in [6, 6.07) is 6.64. The van der Waals surface area contributed by atoms with Crippen molar-refractivity contribution in [2.24, 2.45) is 5.92 Å². The minimum atomic E-state index is 0.0975. The van der Waals surface area contributed by atoms with E-state index in [4.69, 9.17) is 11.6 Å². The molecule has 0 bridgehead atoms. The Morgan fingerprint density at radius 3 is 2.24 bits per heavy atom. The maximum atomic E-state index is 6.53. The Balaban J connectivity index is 3.13. The highest BCUT2D eigenvalue weighted by molar-refractivity contribution is 6.33. The molecule has 0 saturated carbocycles. The standard InChI is InChI=1S/C18H31ClN2/c1-13(2)12-21(14(3)4)17-15(9-8-10-16(17)19)11-20-18(5,6)7/h8-10,13-14,20H,11-12H2,1-7H3. The van der Waals surface area contributed by atoms with E-state index in [1.807, 2.05) is 12.1 Å². The van der Waals surface area contributed by atoms with Crippen molar-refractivity contribution in [1.29, 1.82) is 0 Å². The van der Waals surface area contributed by atoms with E-state index < -0.39 is 0 Å². The lowest BCUT2D eigenvalue weighted by molar-refractivity contribution is 0.424. The second-order valence-electron chi connectivity index (χ2n) is 7.49. The van der Waals surface area contributed by atoms with Crippen molar-refractivity contribution in [1.82, 2.24) is 5.32 Å². The van der Waals surface area contributed by atoms with Crippen molar-refractivity contribution in [2.45, 2.75) is 66.6 Å². The summed E-state index contributed by atoms with van der Waals surface area (Å²) >= 11 is 6.53. The first-order valence-electron chi connectivity index (χ1n) is 7.91. The molecule has 2 nitrogen and oxygen atoms in total. The van der Waals surface area contributed by atoms with E-state index in [9.17, 15) is 0 Å². The Labute approximate surface area is 135 Å². The second-order valence-corrected chi connectivity index (χ2v) is 7.90. The minimum absolute atomic E-state index is 0.0975. The molecule has 0 spiro atoms. The monoisotopic (exact) mass is 310 g/mol. The quantitative estimate of drug-likeness (QED) is 0.786. The van der Waals surface area contributed by atoms with E-state index in [2.05, 4.69) is 64.7 Å². The summed E-state index contributed by atoms with van der Waals surface area (Å²) < 4.78 is 0. The number of hydrogen-bond donors (Lipinski definition) is 1. The summed E-state index contributed by atoms with van der Waals surface area (Å²) in [6.07, 6.45) is 0. The molecule has 0 amide bonds. The third kappa shape index (κ3) is 5.88. The van der Waals surface area contributed by atoms with Crippen LogP contribution in [0.5, 0.6) is 0 Å². The fourth-order valence-corrected chi connectivity index (χ4v) is 2.64. The number of nitrogens with zero attached hydrogens (tertiary/aromatic N) is 1. The van der Waals surface area contributed by atoms with Gasteiger partial charge in [0, 0.05) is 24.7 Å². The van der Waals surface area contributed by atoms with Gasteiger partial charge in [-0.05, 0) is 52.2 Å². The molecule has 0 saturated heterocycles. The predicted octanol–water partition coefficient (Wildman–Crippen LogP) is 5.10. The number of rotatable bonds is 6. The molecular formula is C18H31ClN2. The van der Waals surface area contributed by atoms with Gasteiger partial charge in [0.25, 0.3) is 0 Å². The third-order valence-electron chi connectivity index (χ3n) is 3.35. The van der Waals surface area contributed by atoms with Gasteiger partial charge >= 0.3 is 0 Å². The zero-order valence-corrected chi connectivity index (χ0v) is 15.4. The molecule has 0 aliphatic carbocycles. The molecule has 0 fully saturated rings. The van der Waals surface area contributed by atoms with Gasteiger partial charge in [-0.2, -0.15) is 0 Å². The van der Waals surface area contributed by atoms with Crippen molar-refractivity contribution >= 4 is 17.3 Å². The lowest BCUT2D eigenvalue weighted by atomic mass is 10.1. The largest absolute Gasteiger partial charge is 0.367 e. The third-order valence-corrected chi connectivity index (χ3v) is 3.66. The molecule has 0 aliphatic rings. The van der Waals surface area contributed by atoms with Gasteiger partial charge in [-0.15, -0.1) is 0 Å². The molecule has 21 heavy (non-hydrogen) atoms. The van der Waals surface area contributed by atoms with Gasteiger partial charge in [-0.1, -0.05) is 37.6 Å². The van der Waals surface area contributed by atoms with Crippen LogP contribution in [0.1, 0.15) is 54.0 Å². The van der Waals surface area contributed by atoms with Gasteiger partial charge in [0.15, 0.2) is 0 Å². The molecule has 0 unspecified atom stereocenters. The number of halogens is 1. The average molecular weight is 311 g/mol. The van der Waals surface area contributed by atoms with Crippen molar-refractivity contribution in [2.75, 3.05) is 11.4 Å². The number of hydrogen-bond acceptors (Lipinski definition) is 2. The molecule has 0 atom stereocenters. The van der Waals surface area contributed by atoms with Crippen LogP contribution in [0, 0.1) is 5.92 Å². The molecule has 0 aromatic heterocycles. The van der Waals surface area contributed by atoms with Crippen LogP contribution in [0.3, 0.4) is 0 Å². The molecule has 0 radical (unpaired) electrons. The summed E-state index contributed by atoms with van der Waals surface area (Å²) in [5, 5.41) is 4.41. The Kier molecular flexibility index (Phi) is 6.55. The maximum Gasteiger partial charge on any atom is 0.0643 e. The van der Waals surface area contributed by atoms with E-state index in [1.54, 1.807) is 0 Å². The Bertz CT molecular complexity index is 447. The summed E-state index contributed by atoms with van der Waals surface area (Å²) in [6.45, 7) is 17.4. The van der Waals surface area contributed by atoms with E-state index in [1.165, 1.54) is 11.3 Å². The molecule has 1 aromatic rings. The first-order valence-corrected chi connectivity index (χ1v) is 8.28. The SMILES string of the molecule is CC(C)CN(c1c(Cl)cccc1CNC(C)(C)C)C(C)C. The van der Waals surface area contributed by atoms with Crippen LogP contribution < -0.4 is 10.2 Å². The fraction of sp³-hybridized carbons (Fsp3) is 0.667. The second kappa shape index (κ2) is 7.51. The zero-order chi connectivity index (χ0) is 16.2. The topological polar surface area (TPSA) is 15.3 Å². The normalized spacial score (nSPS) is 12.3. The van der Waals surface area contributed by atoms with Gasteiger partial charge in [-0.3, -0.25) is 0 Å². The average Bonchev–Trinajstić information content (AvgIpc) is 2.32. The molecule has 0 aliphatic heterocycles. The van der Waals surface area contributed by atoms with Crippen LogP contribution in [0.4, 0.5) is 5.69 Å². The fourth-order valence-electron chi connectivity index (χ4n) is 2.34. The Hall–Kier alpha value is -0.730. The highest BCUT2D eigenvalue weighted by Gasteiger charge is 2.19. The van der Waals surface area contributed by atoms with Gasteiger partial charge in [0.05, 0.1) is 10.7 Å². The molecule has 1 N–H and O–H groups in total. The van der Waals surface area contributed by atoms with Gasteiger partial charge in [-0.25, -0.2) is 0 Å². The Morgan fingerprint density at radius 2 is 1.76 bits per heavy atom. The first kappa shape index (κ1) is 18.3. The molecule has 120 valence electrons. The number of benzene rings is 1. The van der Waals surface area contributed by atoms with Crippen LogP contribution in [-0.4, -0.2) is 18.1 Å². The van der Waals surface area contributed by atoms with E-state index in [0.717, 1.165) is 18.1 Å². The molecule has 1 aromatic carbocycles. The summed E-state index contributed by atoms with van der Waals surface area (Å²) in [7, 11) is 0. The molecule has 3 heteroatoms. The number of nitrogens with one attached hydrogen (secondary N) is 1. The van der Waals surface area contributed by atoms with Gasteiger partial charge < -0.3 is 10.2 Å². The highest BCUT2D eigenvalue weighted by Crippen LogP contribution is 2.32. The lowest BCUT2D eigenvalue weighted by Gasteiger charge is -2.34. The lowest BCUT2D eigenvalue weighted by Crippen LogP contribution is -2.38. The van der Waals surface area contributed by atoms with Crippen LogP contribution in [0.25, 0.3) is 0 Å².